The molecule has 0 amide bonds. The highest BCUT2D eigenvalue weighted by molar-refractivity contribution is 5.31. The van der Waals surface area contributed by atoms with Crippen LogP contribution in [-0.4, -0.2) is 19.1 Å². The molecule has 24 heavy (non-hydrogen) atoms. The van der Waals surface area contributed by atoms with E-state index in [1.165, 1.54) is 22.3 Å². The molecule has 0 bridgehead atoms. The van der Waals surface area contributed by atoms with Gasteiger partial charge in [-0.3, -0.25) is 4.84 Å². The molecule has 2 atom stereocenters. The maximum Gasteiger partial charge on any atom is 0.0935 e. The minimum Gasteiger partial charge on any atom is -0.317 e. The molecule has 0 saturated carbocycles. The van der Waals surface area contributed by atoms with E-state index in [0.717, 1.165) is 12.8 Å². The molecule has 0 aliphatic rings. The van der Waals surface area contributed by atoms with Gasteiger partial charge in [0.2, 0.25) is 0 Å². The van der Waals surface area contributed by atoms with Crippen molar-refractivity contribution in [1.82, 2.24) is 10.8 Å². The summed E-state index contributed by atoms with van der Waals surface area (Å²) in [6.45, 7) is 7.06. The lowest BCUT2D eigenvalue weighted by Gasteiger charge is -2.17. The lowest BCUT2D eigenvalue weighted by Crippen LogP contribution is -2.28. The van der Waals surface area contributed by atoms with Crippen LogP contribution in [0.2, 0.25) is 0 Å². The van der Waals surface area contributed by atoms with E-state index in [1.54, 1.807) is 0 Å². The Bertz CT molecular complexity index is 612. The van der Waals surface area contributed by atoms with Crippen LogP contribution in [0.15, 0.2) is 48.5 Å². The van der Waals surface area contributed by atoms with Crippen LogP contribution in [0.3, 0.4) is 0 Å². The van der Waals surface area contributed by atoms with Gasteiger partial charge in [0.25, 0.3) is 0 Å². The smallest absolute Gasteiger partial charge is 0.0935 e. The van der Waals surface area contributed by atoms with Crippen molar-refractivity contribution in [3.05, 3.63) is 70.8 Å². The number of hydroxylamine groups is 1. The van der Waals surface area contributed by atoms with Gasteiger partial charge >= 0.3 is 0 Å². The summed E-state index contributed by atoms with van der Waals surface area (Å²) in [4.78, 5) is 5.79. The fraction of sp³-hybridized carbons (Fsp3) is 0.429. The van der Waals surface area contributed by atoms with Crippen molar-refractivity contribution in [3.8, 4) is 0 Å². The molecule has 2 rings (SSSR count). The van der Waals surface area contributed by atoms with Crippen LogP contribution in [0.1, 0.15) is 36.1 Å². The van der Waals surface area contributed by atoms with Crippen LogP contribution in [-0.2, 0) is 24.3 Å². The lowest BCUT2D eigenvalue weighted by atomic mass is 9.99. The molecule has 0 fully saturated rings. The molecular formula is C21H30N2O. The van der Waals surface area contributed by atoms with Crippen LogP contribution < -0.4 is 10.8 Å². The monoisotopic (exact) mass is 326 g/mol. The third kappa shape index (κ3) is 6.08. The summed E-state index contributed by atoms with van der Waals surface area (Å²) in [6, 6.07) is 17.8. The standard InChI is InChI=1S/C21H30N2O/c1-16-10-11-20(14-17(2)22-4)21(12-16)15-24-23-18(3)13-19-8-6-5-7-9-19/h5-12,17-18,22-23H,13-15H2,1-4H3. The van der Waals surface area contributed by atoms with Crippen molar-refractivity contribution in [2.45, 2.75) is 52.3 Å². The zero-order valence-electron chi connectivity index (χ0n) is 15.3. The maximum absolute atomic E-state index is 5.79. The highest BCUT2D eigenvalue weighted by Crippen LogP contribution is 2.15. The third-order valence-corrected chi connectivity index (χ3v) is 4.28. The molecule has 0 aliphatic carbocycles. The van der Waals surface area contributed by atoms with E-state index in [-0.39, 0.29) is 6.04 Å². The molecule has 0 heterocycles. The van der Waals surface area contributed by atoms with Gasteiger partial charge in [-0.1, -0.05) is 54.1 Å². The normalized spacial score (nSPS) is 13.7. The Labute approximate surface area is 146 Å². The molecule has 2 aromatic rings. The highest BCUT2D eigenvalue weighted by atomic mass is 16.6. The SMILES string of the molecule is CNC(C)Cc1ccc(C)cc1CONC(C)Cc1ccccc1. The fourth-order valence-corrected chi connectivity index (χ4v) is 2.79. The van der Waals surface area contributed by atoms with E-state index in [9.17, 15) is 0 Å². The van der Waals surface area contributed by atoms with Crippen LogP contribution in [0.5, 0.6) is 0 Å². The summed E-state index contributed by atoms with van der Waals surface area (Å²) in [5.41, 5.74) is 8.38. The summed E-state index contributed by atoms with van der Waals surface area (Å²) < 4.78 is 0. The van der Waals surface area contributed by atoms with Crippen molar-refractivity contribution >= 4 is 0 Å². The second-order valence-corrected chi connectivity index (χ2v) is 6.66. The zero-order chi connectivity index (χ0) is 17.4. The van der Waals surface area contributed by atoms with Gasteiger partial charge in [0.15, 0.2) is 0 Å². The highest BCUT2D eigenvalue weighted by Gasteiger charge is 2.08. The molecular weight excluding hydrogens is 296 g/mol. The minimum atomic E-state index is 0.275. The second-order valence-electron chi connectivity index (χ2n) is 6.66. The number of aryl methyl sites for hydroxylation is 1. The summed E-state index contributed by atoms with van der Waals surface area (Å²) in [7, 11) is 2.00. The van der Waals surface area contributed by atoms with Crippen molar-refractivity contribution in [2.75, 3.05) is 7.05 Å². The van der Waals surface area contributed by atoms with Gasteiger partial charge in [0, 0.05) is 12.1 Å². The molecule has 130 valence electrons. The van der Waals surface area contributed by atoms with Gasteiger partial charge in [-0.05, 0) is 57.4 Å². The Hall–Kier alpha value is -1.68. The third-order valence-electron chi connectivity index (χ3n) is 4.28. The fourth-order valence-electron chi connectivity index (χ4n) is 2.79. The largest absolute Gasteiger partial charge is 0.317 e. The van der Waals surface area contributed by atoms with Gasteiger partial charge in [0.1, 0.15) is 0 Å². The van der Waals surface area contributed by atoms with Crippen LogP contribution in [0.25, 0.3) is 0 Å². The molecule has 3 heteroatoms. The van der Waals surface area contributed by atoms with E-state index < -0.39 is 0 Å². The first-order valence-electron chi connectivity index (χ1n) is 8.75. The second kappa shape index (κ2) is 9.58. The number of likely N-dealkylation sites (N-methyl/N-ethyl adjacent to an activating group) is 1. The lowest BCUT2D eigenvalue weighted by molar-refractivity contribution is 0.00725. The van der Waals surface area contributed by atoms with E-state index in [4.69, 9.17) is 4.84 Å². The molecule has 0 radical (unpaired) electrons. The van der Waals surface area contributed by atoms with E-state index in [0.29, 0.717) is 12.6 Å². The van der Waals surface area contributed by atoms with Gasteiger partial charge in [0.05, 0.1) is 6.61 Å². The first kappa shape index (κ1) is 18.7. The Balaban J connectivity index is 1.88. The molecule has 0 saturated heterocycles. The zero-order valence-corrected chi connectivity index (χ0v) is 15.3. The number of hydrogen-bond acceptors (Lipinski definition) is 3. The first-order chi connectivity index (χ1) is 11.6. The van der Waals surface area contributed by atoms with E-state index in [1.807, 2.05) is 13.1 Å². The molecule has 3 nitrogen and oxygen atoms in total. The first-order valence-corrected chi connectivity index (χ1v) is 8.75. The minimum absolute atomic E-state index is 0.275. The summed E-state index contributed by atoms with van der Waals surface area (Å²) in [5.74, 6) is 0. The van der Waals surface area contributed by atoms with Crippen molar-refractivity contribution in [3.63, 3.8) is 0 Å². The number of benzene rings is 2. The molecule has 0 aromatic heterocycles. The Kier molecular flexibility index (Phi) is 7.44. The number of nitrogens with one attached hydrogen (secondary N) is 2. The van der Waals surface area contributed by atoms with Gasteiger partial charge in [-0.15, -0.1) is 0 Å². The van der Waals surface area contributed by atoms with Crippen LogP contribution in [0.4, 0.5) is 0 Å². The molecule has 2 N–H and O–H groups in total. The Morgan fingerprint density at radius 2 is 1.67 bits per heavy atom. The van der Waals surface area contributed by atoms with Crippen LogP contribution >= 0.6 is 0 Å². The predicted molar refractivity (Wildman–Crippen MR) is 101 cm³/mol. The average Bonchev–Trinajstić information content (AvgIpc) is 2.58. The van der Waals surface area contributed by atoms with Crippen molar-refractivity contribution < 1.29 is 4.84 Å². The van der Waals surface area contributed by atoms with Gasteiger partial charge in [-0.25, -0.2) is 0 Å². The summed E-state index contributed by atoms with van der Waals surface area (Å²) >= 11 is 0. The summed E-state index contributed by atoms with van der Waals surface area (Å²) in [5, 5.41) is 3.30. The molecule has 0 aliphatic heterocycles. The van der Waals surface area contributed by atoms with E-state index >= 15 is 0 Å². The number of rotatable bonds is 9. The quantitative estimate of drug-likeness (QED) is 0.688. The average molecular weight is 326 g/mol. The van der Waals surface area contributed by atoms with Crippen molar-refractivity contribution in [1.29, 1.82) is 0 Å². The topological polar surface area (TPSA) is 33.3 Å². The van der Waals surface area contributed by atoms with Crippen molar-refractivity contribution in [2.24, 2.45) is 0 Å². The summed E-state index contributed by atoms with van der Waals surface area (Å²) in [6.07, 6.45) is 1.97. The molecule has 2 unspecified atom stereocenters. The Morgan fingerprint density at radius 3 is 2.38 bits per heavy atom. The van der Waals surface area contributed by atoms with Gasteiger partial charge < -0.3 is 5.32 Å². The van der Waals surface area contributed by atoms with Gasteiger partial charge in [-0.2, -0.15) is 5.48 Å². The maximum atomic E-state index is 5.79. The predicted octanol–water partition coefficient (Wildman–Crippen LogP) is 3.80. The van der Waals surface area contributed by atoms with E-state index in [2.05, 4.69) is 74.0 Å². The number of hydrogen-bond donors (Lipinski definition) is 2. The van der Waals surface area contributed by atoms with Crippen LogP contribution in [0, 0.1) is 6.92 Å². The molecule has 2 aromatic carbocycles. The molecule has 0 spiro atoms. The Morgan fingerprint density at radius 1 is 0.917 bits per heavy atom.